The second kappa shape index (κ2) is 9.47. The van der Waals surface area contributed by atoms with Gasteiger partial charge < -0.3 is 24.2 Å². The fraction of sp³-hybridized carbons (Fsp3) is 0.300. The summed E-state index contributed by atoms with van der Waals surface area (Å²) in [6.07, 6.45) is 0. The Balaban J connectivity index is 1.84. The summed E-state index contributed by atoms with van der Waals surface area (Å²) in [7, 11) is 3.30. The summed E-state index contributed by atoms with van der Waals surface area (Å²) >= 11 is 0. The van der Waals surface area contributed by atoms with Gasteiger partial charge in [-0.25, -0.2) is 4.79 Å². The van der Waals surface area contributed by atoms with Gasteiger partial charge in [-0.15, -0.1) is 0 Å². The summed E-state index contributed by atoms with van der Waals surface area (Å²) in [4.78, 5) is 24.3. The Morgan fingerprint density at radius 3 is 2.22 bits per heavy atom. The summed E-state index contributed by atoms with van der Waals surface area (Å²) in [5.41, 5.74) is 1.83. The lowest BCUT2D eigenvalue weighted by Crippen LogP contribution is -2.30. The number of carboxylic acid groups (broad SMARTS) is 1. The van der Waals surface area contributed by atoms with Crippen molar-refractivity contribution in [3.63, 3.8) is 0 Å². The van der Waals surface area contributed by atoms with Crippen LogP contribution in [0.3, 0.4) is 0 Å². The zero-order valence-corrected chi connectivity index (χ0v) is 15.6. The van der Waals surface area contributed by atoms with Crippen LogP contribution in [0, 0.1) is 6.92 Å². The minimum atomic E-state index is -1.03. The third-order valence-electron chi connectivity index (χ3n) is 3.86. The number of rotatable bonds is 9. The molecule has 0 fully saturated rings. The second-order valence-electron chi connectivity index (χ2n) is 6.00. The molecule has 1 amide bonds. The molecule has 2 rings (SSSR count). The van der Waals surface area contributed by atoms with Gasteiger partial charge in [0.25, 0.3) is 5.91 Å². The van der Waals surface area contributed by atoms with Crippen molar-refractivity contribution in [2.24, 2.45) is 0 Å². The molecule has 0 atom stereocenters. The summed E-state index contributed by atoms with van der Waals surface area (Å²) < 4.78 is 15.8. The number of benzene rings is 2. The first-order valence-corrected chi connectivity index (χ1v) is 8.34. The lowest BCUT2D eigenvalue weighted by molar-refractivity contribution is -0.139. The third-order valence-corrected chi connectivity index (χ3v) is 3.86. The Bertz CT molecular complexity index is 788. The Morgan fingerprint density at radius 1 is 1.00 bits per heavy atom. The molecule has 0 bridgehead atoms. The molecule has 7 heteroatoms. The van der Waals surface area contributed by atoms with E-state index in [9.17, 15) is 9.59 Å². The average Bonchev–Trinajstić information content (AvgIpc) is 2.65. The Morgan fingerprint density at radius 2 is 1.63 bits per heavy atom. The highest BCUT2D eigenvalue weighted by Gasteiger charge is 2.11. The van der Waals surface area contributed by atoms with Gasteiger partial charge in [-0.3, -0.25) is 4.79 Å². The number of ether oxygens (including phenoxy) is 3. The minimum Gasteiger partial charge on any atom is -0.496 e. The molecule has 0 radical (unpaired) electrons. The van der Waals surface area contributed by atoms with Gasteiger partial charge in [0, 0.05) is 13.6 Å². The number of aryl methyl sites for hydroxylation is 1. The van der Waals surface area contributed by atoms with E-state index in [0.717, 1.165) is 16.9 Å². The molecular weight excluding hydrogens is 350 g/mol. The van der Waals surface area contributed by atoms with Crippen molar-refractivity contribution < 1.29 is 28.9 Å². The van der Waals surface area contributed by atoms with E-state index in [1.54, 1.807) is 55.5 Å². The molecule has 0 aromatic heterocycles. The molecule has 2 aromatic rings. The molecule has 1 N–H and O–H groups in total. The second-order valence-corrected chi connectivity index (χ2v) is 6.00. The molecule has 0 saturated carbocycles. The summed E-state index contributed by atoms with van der Waals surface area (Å²) in [5, 5.41) is 8.60. The number of carboxylic acids is 1. The largest absolute Gasteiger partial charge is 0.496 e. The zero-order chi connectivity index (χ0) is 19.8. The van der Waals surface area contributed by atoms with Crippen LogP contribution in [-0.2, 0) is 16.1 Å². The van der Waals surface area contributed by atoms with Crippen molar-refractivity contribution in [3.05, 3.63) is 53.6 Å². The molecular formula is C20H23NO6. The van der Waals surface area contributed by atoms with Crippen molar-refractivity contribution in [1.29, 1.82) is 0 Å². The maximum absolute atomic E-state index is 12.3. The van der Waals surface area contributed by atoms with E-state index in [0.29, 0.717) is 18.0 Å². The maximum atomic E-state index is 12.3. The van der Waals surface area contributed by atoms with E-state index in [1.165, 1.54) is 0 Å². The van der Waals surface area contributed by atoms with Crippen LogP contribution in [0.1, 0.15) is 11.1 Å². The van der Waals surface area contributed by atoms with Gasteiger partial charge in [0.15, 0.2) is 13.2 Å². The molecule has 0 aliphatic carbocycles. The number of methoxy groups -OCH3 is 1. The number of nitrogens with zero attached hydrogens (tertiary/aromatic N) is 1. The molecule has 7 nitrogen and oxygen atoms in total. The monoisotopic (exact) mass is 373 g/mol. The Kier molecular flexibility index (Phi) is 7.05. The molecule has 0 aliphatic rings. The number of amides is 1. The molecule has 27 heavy (non-hydrogen) atoms. The smallest absolute Gasteiger partial charge is 0.341 e. The van der Waals surface area contributed by atoms with Crippen LogP contribution in [0.15, 0.2) is 42.5 Å². The number of hydrogen-bond donors (Lipinski definition) is 1. The van der Waals surface area contributed by atoms with Crippen LogP contribution in [0.5, 0.6) is 17.2 Å². The van der Waals surface area contributed by atoms with Crippen LogP contribution >= 0.6 is 0 Å². The fourth-order valence-electron chi connectivity index (χ4n) is 2.39. The van der Waals surface area contributed by atoms with Crippen LogP contribution in [0.2, 0.25) is 0 Å². The van der Waals surface area contributed by atoms with Gasteiger partial charge in [-0.2, -0.15) is 0 Å². The highest BCUT2D eigenvalue weighted by molar-refractivity contribution is 5.77. The number of aliphatic carboxylic acids is 1. The highest BCUT2D eigenvalue weighted by Crippen LogP contribution is 2.23. The van der Waals surface area contributed by atoms with E-state index < -0.39 is 5.97 Å². The van der Waals surface area contributed by atoms with E-state index in [1.807, 2.05) is 13.0 Å². The van der Waals surface area contributed by atoms with E-state index in [4.69, 9.17) is 19.3 Å². The van der Waals surface area contributed by atoms with Crippen molar-refractivity contribution >= 4 is 11.9 Å². The first kappa shape index (κ1) is 20.1. The predicted molar refractivity (Wildman–Crippen MR) is 99.3 cm³/mol. The molecule has 0 heterocycles. The van der Waals surface area contributed by atoms with Gasteiger partial charge in [-0.05, 0) is 48.4 Å². The first-order valence-electron chi connectivity index (χ1n) is 8.34. The highest BCUT2D eigenvalue weighted by atomic mass is 16.5. The Labute approximate surface area is 158 Å². The van der Waals surface area contributed by atoms with Crippen LogP contribution < -0.4 is 14.2 Å². The SMILES string of the molecule is COc1ccc(OCC(=O)N(C)Cc2ccc(OCC(=O)O)cc2)cc1C. The number of carbonyl (C=O) groups is 2. The van der Waals surface area contributed by atoms with Crippen molar-refractivity contribution in [2.75, 3.05) is 27.4 Å². The lowest BCUT2D eigenvalue weighted by atomic mass is 10.2. The van der Waals surface area contributed by atoms with Gasteiger partial charge in [-0.1, -0.05) is 12.1 Å². The molecule has 144 valence electrons. The molecule has 2 aromatic carbocycles. The van der Waals surface area contributed by atoms with Crippen molar-refractivity contribution in [2.45, 2.75) is 13.5 Å². The summed E-state index contributed by atoms with van der Waals surface area (Å²) in [6.45, 7) is 1.86. The standard InChI is InChI=1S/C20H23NO6/c1-14-10-17(8-9-18(14)25-3)26-12-19(22)21(2)11-15-4-6-16(7-5-15)27-13-20(23)24/h4-10H,11-13H2,1-3H3,(H,23,24). The lowest BCUT2D eigenvalue weighted by Gasteiger charge is -2.18. The molecule has 0 saturated heterocycles. The number of carbonyl (C=O) groups excluding carboxylic acids is 1. The van der Waals surface area contributed by atoms with Crippen molar-refractivity contribution in [1.82, 2.24) is 4.90 Å². The average molecular weight is 373 g/mol. The van der Waals surface area contributed by atoms with Gasteiger partial charge in [0.05, 0.1) is 7.11 Å². The van der Waals surface area contributed by atoms with Gasteiger partial charge in [0.1, 0.15) is 17.2 Å². The minimum absolute atomic E-state index is 0.0674. The first-order chi connectivity index (χ1) is 12.9. The number of likely N-dealkylation sites (N-methyl/N-ethyl adjacent to an activating group) is 1. The molecule has 0 aliphatic heterocycles. The predicted octanol–water partition coefficient (Wildman–Crippen LogP) is 2.50. The van der Waals surface area contributed by atoms with Gasteiger partial charge in [0.2, 0.25) is 0 Å². The van der Waals surface area contributed by atoms with E-state index in [2.05, 4.69) is 0 Å². The number of hydrogen-bond acceptors (Lipinski definition) is 5. The fourth-order valence-corrected chi connectivity index (χ4v) is 2.39. The zero-order valence-electron chi connectivity index (χ0n) is 15.6. The van der Waals surface area contributed by atoms with Crippen molar-refractivity contribution in [3.8, 4) is 17.2 Å². The third kappa shape index (κ3) is 6.22. The quantitative estimate of drug-likeness (QED) is 0.727. The van der Waals surface area contributed by atoms with E-state index in [-0.39, 0.29) is 19.1 Å². The van der Waals surface area contributed by atoms with Crippen LogP contribution in [0.25, 0.3) is 0 Å². The molecule has 0 spiro atoms. The topological polar surface area (TPSA) is 85.3 Å². The summed E-state index contributed by atoms with van der Waals surface area (Å²) in [5.74, 6) is 0.649. The van der Waals surface area contributed by atoms with Gasteiger partial charge >= 0.3 is 5.97 Å². The van der Waals surface area contributed by atoms with Crippen LogP contribution in [-0.4, -0.2) is 49.3 Å². The normalized spacial score (nSPS) is 10.2. The summed E-state index contributed by atoms with van der Waals surface area (Å²) in [6, 6.07) is 12.3. The van der Waals surface area contributed by atoms with Crippen LogP contribution in [0.4, 0.5) is 0 Å². The van der Waals surface area contributed by atoms with E-state index >= 15 is 0 Å². The Hall–Kier alpha value is -3.22. The molecule has 0 unspecified atom stereocenters. The maximum Gasteiger partial charge on any atom is 0.341 e.